The number of hydrogen-bond acceptors (Lipinski definition) is 8. The maximum absolute atomic E-state index is 13.2. The van der Waals surface area contributed by atoms with Gasteiger partial charge < -0.3 is 30.1 Å². The van der Waals surface area contributed by atoms with Crippen LogP contribution in [-0.4, -0.2) is 64.8 Å². The lowest BCUT2D eigenvalue weighted by Gasteiger charge is -2.43. The number of aliphatic hydroxyl groups excluding tert-OH is 1. The third-order valence-corrected chi connectivity index (χ3v) is 5.60. The minimum absolute atomic E-state index is 0.241. The second-order valence-corrected chi connectivity index (χ2v) is 7.83. The van der Waals surface area contributed by atoms with Crippen molar-refractivity contribution < 1.29 is 19.4 Å². The summed E-state index contributed by atoms with van der Waals surface area (Å²) in [6.07, 6.45) is 2.43. The number of benzene rings is 1. The molecule has 33 heavy (non-hydrogen) atoms. The lowest BCUT2D eigenvalue weighted by atomic mass is 10.1. The van der Waals surface area contributed by atoms with Crippen molar-refractivity contribution in [3.8, 4) is 17.2 Å². The van der Waals surface area contributed by atoms with Crippen LogP contribution in [-0.2, 0) is 0 Å². The Labute approximate surface area is 192 Å². The Morgan fingerprint density at radius 1 is 1.12 bits per heavy atom. The number of anilines is 2. The monoisotopic (exact) mass is 449 g/mol. The van der Waals surface area contributed by atoms with Crippen molar-refractivity contribution in [2.75, 3.05) is 37.4 Å². The molecule has 2 aromatic heterocycles. The van der Waals surface area contributed by atoms with Crippen molar-refractivity contribution in [3.63, 3.8) is 0 Å². The molecule has 172 valence electrons. The molecule has 1 aliphatic rings. The summed E-state index contributed by atoms with van der Waals surface area (Å²) in [5.74, 6) is 1.95. The van der Waals surface area contributed by atoms with Crippen LogP contribution < -0.4 is 20.1 Å². The molecule has 3 N–H and O–H groups in total. The fraction of sp³-hybridized carbons (Fsp3) is 0.292. The minimum atomic E-state index is -0.745. The first-order valence-corrected chi connectivity index (χ1v) is 10.7. The van der Waals surface area contributed by atoms with Crippen molar-refractivity contribution in [2.24, 2.45) is 0 Å². The lowest BCUT2D eigenvalue weighted by molar-refractivity contribution is 0.0367. The highest BCUT2D eigenvalue weighted by molar-refractivity contribution is 5.93. The summed E-state index contributed by atoms with van der Waals surface area (Å²) in [6, 6.07) is 13.9. The van der Waals surface area contributed by atoms with Crippen LogP contribution in [0.3, 0.4) is 0 Å². The number of nitrogen functional groups attached to an aromatic ring is 1. The Bertz CT molecular complexity index is 1090. The van der Waals surface area contributed by atoms with Gasteiger partial charge >= 0.3 is 0 Å². The van der Waals surface area contributed by atoms with E-state index in [1.165, 1.54) is 6.20 Å². The number of pyridine rings is 2. The van der Waals surface area contributed by atoms with Crippen molar-refractivity contribution in [2.45, 2.75) is 19.1 Å². The maximum atomic E-state index is 13.2. The summed E-state index contributed by atoms with van der Waals surface area (Å²) in [6.45, 7) is 3.05. The summed E-state index contributed by atoms with van der Waals surface area (Å²) in [5, 5.41) is 10.5. The van der Waals surface area contributed by atoms with E-state index in [0.29, 0.717) is 48.4 Å². The Kier molecular flexibility index (Phi) is 6.60. The number of ether oxygens (including phenoxy) is 2. The highest BCUT2D eigenvalue weighted by Crippen LogP contribution is 2.31. The first-order chi connectivity index (χ1) is 16.0. The van der Waals surface area contributed by atoms with E-state index in [1.54, 1.807) is 43.3 Å². The molecule has 1 unspecified atom stereocenters. The van der Waals surface area contributed by atoms with Gasteiger partial charge in [0, 0.05) is 25.7 Å². The van der Waals surface area contributed by atoms with Gasteiger partial charge in [-0.2, -0.15) is 0 Å². The SMILES string of the molecule is COc1cc(N)ncc1N1CCN(C(=O)c2ccc(Oc3ccccc3)cn2)[C@@H](C(C)O)C1. The summed E-state index contributed by atoms with van der Waals surface area (Å²) in [5.41, 5.74) is 6.83. The third-order valence-electron chi connectivity index (χ3n) is 5.60. The summed E-state index contributed by atoms with van der Waals surface area (Å²) in [7, 11) is 1.57. The smallest absolute Gasteiger partial charge is 0.272 e. The van der Waals surface area contributed by atoms with Gasteiger partial charge in [-0.05, 0) is 31.2 Å². The standard InChI is InChI=1S/C24H27N5O4/c1-16(30)21-15-28(20-14-27-23(25)12-22(20)32-2)10-11-29(21)24(31)19-9-8-18(13-26-19)33-17-6-4-3-5-7-17/h3-9,12-14,16,21,30H,10-11,15H2,1-2H3,(H2,25,27)/t16?,21-/m1/s1. The molecule has 0 aliphatic carbocycles. The van der Waals surface area contributed by atoms with Crippen molar-refractivity contribution >= 4 is 17.4 Å². The fourth-order valence-electron chi connectivity index (χ4n) is 3.88. The molecule has 1 amide bonds. The number of aliphatic hydroxyl groups is 1. The van der Waals surface area contributed by atoms with Gasteiger partial charge in [-0.3, -0.25) is 4.79 Å². The van der Waals surface area contributed by atoms with Crippen LogP contribution in [0.5, 0.6) is 17.2 Å². The molecule has 3 aromatic rings. The lowest BCUT2D eigenvalue weighted by Crippen LogP contribution is -2.59. The van der Waals surface area contributed by atoms with E-state index in [4.69, 9.17) is 15.2 Å². The Hall–Kier alpha value is -3.85. The molecule has 1 aromatic carbocycles. The first-order valence-electron chi connectivity index (χ1n) is 10.7. The quantitative estimate of drug-likeness (QED) is 0.590. The molecule has 1 aliphatic heterocycles. The molecule has 9 nitrogen and oxygen atoms in total. The first kappa shape index (κ1) is 22.3. The highest BCUT2D eigenvalue weighted by atomic mass is 16.5. The zero-order chi connectivity index (χ0) is 23.4. The normalized spacial score (nSPS) is 16.9. The van der Waals surface area contributed by atoms with E-state index in [2.05, 4.69) is 9.97 Å². The molecule has 0 radical (unpaired) electrons. The number of piperazine rings is 1. The van der Waals surface area contributed by atoms with Gasteiger partial charge in [-0.25, -0.2) is 9.97 Å². The van der Waals surface area contributed by atoms with E-state index >= 15 is 0 Å². The zero-order valence-electron chi connectivity index (χ0n) is 18.6. The Morgan fingerprint density at radius 2 is 1.91 bits per heavy atom. The second-order valence-electron chi connectivity index (χ2n) is 7.83. The zero-order valence-corrected chi connectivity index (χ0v) is 18.6. The van der Waals surface area contributed by atoms with E-state index in [0.717, 1.165) is 5.69 Å². The van der Waals surface area contributed by atoms with Gasteiger partial charge in [-0.15, -0.1) is 0 Å². The molecule has 9 heteroatoms. The maximum Gasteiger partial charge on any atom is 0.272 e. The number of methoxy groups -OCH3 is 1. The van der Waals surface area contributed by atoms with Crippen LogP contribution in [0.1, 0.15) is 17.4 Å². The average molecular weight is 450 g/mol. The number of amides is 1. The van der Waals surface area contributed by atoms with Gasteiger partial charge in [0.05, 0.1) is 37.3 Å². The molecule has 3 heterocycles. The molecule has 0 saturated carbocycles. The largest absolute Gasteiger partial charge is 0.494 e. The Balaban J connectivity index is 1.49. The summed E-state index contributed by atoms with van der Waals surface area (Å²) < 4.78 is 11.2. The van der Waals surface area contributed by atoms with Gasteiger partial charge in [0.2, 0.25) is 0 Å². The van der Waals surface area contributed by atoms with Gasteiger partial charge in [-0.1, -0.05) is 18.2 Å². The molecule has 0 bridgehead atoms. The summed E-state index contributed by atoms with van der Waals surface area (Å²) >= 11 is 0. The highest BCUT2D eigenvalue weighted by Gasteiger charge is 2.35. The van der Waals surface area contributed by atoms with Crippen molar-refractivity contribution in [1.29, 1.82) is 0 Å². The molecule has 4 rings (SSSR count). The van der Waals surface area contributed by atoms with Crippen LogP contribution in [0.4, 0.5) is 11.5 Å². The van der Waals surface area contributed by atoms with E-state index in [1.807, 2.05) is 35.2 Å². The van der Waals surface area contributed by atoms with Gasteiger partial charge in [0.15, 0.2) is 0 Å². The number of nitrogens with two attached hydrogens (primary N) is 1. The molecular formula is C24H27N5O4. The van der Waals surface area contributed by atoms with Crippen LogP contribution in [0.25, 0.3) is 0 Å². The molecule has 2 atom stereocenters. The molecular weight excluding hydrogens is 422 g/mol. The van der Waals surface area contributed by atoms with Gasteiger partial charge in [0.1, 0.15) is 28.8 Å². The van der Waals surface area contributed by atoms with E-state index < -0.39 is 12.1 Å². The predicted octanol–water partition coefficient (Wildman–Crippen LogP) is 2.57. The van der Waals surface area contributed by atoms with Gasteiger partial charge in [0.25, 0.3) is 5.91 Å². The topological polar surface area (TPSA) is 114 Å². The Morgan fingerprint density at radius 3 is 2.58 bits per heavy atom. The number of aromatic nitrogens is 2. The molecule has 1 fully saturated rings. The molecule has 0 spiro atoms. The number of carbonyl (C=O) groups excluding carboxylic acids is 1. The second kappa shape index (κ2) is 9.74. The van der Waals surface area contributed by atoms with E-state index in [-0.39, 0.29) is 5.91 Å². The van der Waals surface area contributed by atoms with E-state index in [9.17, 15) is 9.90 Å². The van der Waals surface area contributed by atoms with Crippen molar-refractivity contribution in [3.05, 3.63) is 66.6 Å². The minimum Gasteiger partial charge on any atom is -0.494 e. The number of para-hydroxylation sites is 1. The number of nitrogens with zero attached hydrogens (tertiary/aromatic N) is 4. The summed E-state index contributed by atoms with van der Waals surface area (Å²) in [4.78, 5) is 25.4. The van der Waals surface area contributed by atoms with Crippen LogP contribution in [0.15, 0.2) is 60.9 Å². The van der Waals surface area contributed by atoms with Crippen LogP contribution in [0.2, 0.25) is 0 Å². The fourth-order valence-corrected chi connectivity index (χ4v) is 3.88. The predicted molar refractivity (Wildman–Crippen MR) is 125 cm³/mol. The number of carbonyl (C=O) groups is 1. The third kappa shape index (κ3) is 4.98. The van der Waals surface area contributed by atoms with Crippen molar-refractivity contribution in [1.82, 2.24) is 14.9 Å². The van der Waals surface area contributed by atoms with Crippen LogP contribution in [0, 0.1) is 0 Å². The number of rotatable bonds is 6. The number of hydrogen-bond donors (Lipinski definition) is 2. The average Bonchev–Trinajstić information content (AvgIpc) is 2.84. The van der Waals surface area contributed by atoms with Crippen LogP contribution >= 0.6 is 0 Å². The molecule has 1 saturated heterocycles.